The second-order valence-corrected chi connectivity index (χ2v) is 5.64. The lowest BCUT2D eigenvalue weighted by Crippen LogP contribution is -2.05. The highest BCUT2D eigenvalue weighted by atomic mass is 32.2. The number of aromatic hydroxyl groups is 1. The van der Waals surface area contributed by atoms with Crippen LogP contribution < -0.4 is 0 Å². The fourth-order valence-corrected chi connectivity index (χ4v) is 3.42. The molecule has 0 saturated carbocycles. The van der Waals surface area contributed by atoms with Gasteiger partial charge in [-0.25, -0.2) is 0 Å². The van der Waals surface area contributed by atoms with Crippen LogP contribution in [-0.4, -0.2) is 15.6 Å². The maximum atomic E-state index is 11.9. The van der Waals surface area contributed by atoms with Crippen LogP contribution in [0.25, 0.3) is 0 Å². The van der Waals surface area contributed by atoms with Crippen LogP contribution in [0.15, 0.2) is 30.2 Å². The molecule has 0 aliphatic heterocycles. The lowest BCUT2D eigenvalue weighted by molar-refractivity contribution is 0.461. The Morgan fingerprint density at radius 1 is 1.11 bits per heavy atom. The third kappa shape index (κ3) is 2.56. The molecule has 0 bridgehead atoms. The summed E-state index contributed by atoms with van der Waals surface area (Å²) in [5.74, 6) is 0.291. The summed E-state index contributed by atoms with van der Waals surface area (Å²) in [6.07, 6.45) is 6.31. The molecule has 1 N–H and O–H groups in total. The van der Waals surface area contributed by atoms with Crippen molar-refractivity contribution in [3.8, 4) is 5.75 Å². The molecule has 0 heterocycles. The van der Waals surface area contributed by atoms with Crippen LogP contribution in [0.1, 0.15) is 22.3 Å². The molecule has 0 amide bonds. The molecule has 0 aliphatic rings. The van der Waals surface area contributed by atoms with Crippen molar-refractivity contribution in [3.05, 3.63) is 47.6 Å². The Morgan fingerprint density at radius 3 is 1.78 bits per heavy atom. The van der Waals surface area contributed by atoms with Gasteiger partial charge in [0.05, 0.1) is 10.8 Å². The molecule has 0 aliphatic carbocycles. The molecule has 1 atom stereocenters. The number of rotatable bonds is 5. The number of phenolic OH excluding ortho intramolecular Hbond substituents is 1. The number of benzene rings is 1. The summed E-state index contributed by atoms with van der Waals surface area (Å²) >= 11 is 0. The molecule has 3 heteroatoms. The predicted molar refractivity (Wildman–Crippen MR) is 77.7 cm³/mol. The van der Waals surface area contributed by atoms with Gasteiger partial charge in [-0.15, -0.1) is 13.2 Å². The van der Waals surface area contributed by atoms with Gasteiger partial charge in [-0.1, -0.05) is 12.2 Å². The van der Waals surface area contributed by atoms with Gasteiger partial charge in [0.2, 0.25) is 0 Å². The van der Waals surface area contributed by atoms with Crippen molar-refractivity contribution >= 4 is 10.8 Å². The van der Waals surface area contributed by atoms with Crippen molar-refractivity contribution in [1.29, 1.82) is 0 Å². The predicted octanol–water partition coefficient (Wildman–Crippen LogP) is 3.20. The van der Waals surface area contributed by atoms with Crippen LogP contribution >= 0.6 is 0 Å². The zero-order valence-electron chi connectivity index (χ0n) is 11.2. The van der Waals surface area contributed by atoms with Gasteiger partial charge in [0.1, 0.15) is 5.75 Å². The first-order valence-corrected chi connectivity index (χ1v) is 7.40. The van der Waals surface area contributed by atoms with Gasteiger partial charge in [0, 0.05) is 22.3 Å². The minimum atomic E-state index is -1.07. The highest BCUT2D eigenvalue weighted by molar-refractivity contribution is 7.84. The normalized spacial score (nSPS) is 12.2. The summed E-state index contributed by atoms with van der Waals surface area (Å²) in [7, 11) is -1.07. The highest BCUT2D eigenvalue weighted by Crippen LogP contribution is 2.35. The van der Waals surface area contributed by atoms with Gasteiger partial charge in [-0.2, -0.15) is 0 Å². The van der Waals surface area contributed by atoms with E-state index in [2.05, 4.69) is 13.2 Å². The van der Waals surface area contributed by atoms with Gasteiger partial charge in [-0.05, 0) is 37.8 Å². The average Bonchev–Trinajstić information content (AvgIpc) is 2.30. The summed E-state index contributed by atoms with van der Waals surface area (Å²) < 4.78 is 11.9. The van der Waals surface area contributed by atoms with Crippen molar-refractivity contribution in [2.75, 3.05) is 6.26 Å². The fraction of sp³-hybridized carbons (Fsp3) is 0.333. The Hall–Kier alpha value is -1.35. The molecule has 1 rings (SSSR count). The molecule has 0 fully saturated rings. The number of hydrogen-bond donors (Lipinski definition) is 1. The molecule has 18 heavy (non-hydrogen) atoms. The maximum absolute atomic E-state index is 11.9. The topological polar surface area (TPSA) is 37.3 Å². The SMILES string of the molecule is C=CCc1c(C)c(S(C)=O)c(C)c(CC=C)c1O. The van der Waals surface area contributed by atoms with Crippen molar-refractivity contribution in [3.63, 3.8) is 0 Å². The molecule has 0 saturated heterocycles. The summed E-state index contributed by atoms with van der Waals surface area (Å²) in [6.45, 7) is 11.2. The van der Waals surface area contributed by atoms with Crippen molar-refractivity contribution in [2.24, 2.45) is 0 Å². The molecule has 1 unspecified atom stereocenters. The van der Waals surface area contributed by atoms with Crippen LogP contribution in [0.5, 0.6) is 5.75 Å². The van der Waals surface area contributed by atoms with Crippen LogP contribution in [0, 0.1) is 13.8 Å². The number of phenols is 1. The van der Waals surface area contributed by atoms with Gasteiger partial charge in [0.15, 0.2) is 0 Å². The summed E-state index contributed by atoms with van der Waals surface area (Å²) in [6, 6.07) is 0. The standard InChI is InChI=1S/C15H20O2S/c1-6-8-12-10(3)15(18(5)17)11(4)13(9-7-2)14(12)16/h6-7,16H,1-2,8-9H2,3-5H3. The van der Waals surface area contributed by atoms with E-state index in [1.807, 2.05) is 13.8 Å². The Morgan fingerprint density at radius 2 is 1.50 bits per heavy atom. The van der Waals surface area contributed by atoms with Crippen molar-refractivity contribution in [2.45, 2.75) is 31.6 Å². The molecule has 0 radical (unpaired) electrons. The van der Waals surface area contributed by atoms with E-state index in [0.717, 1.165) is 27.1 Å². The van der Waals surface area contributed by atoms with Gasteiger partial charge >= 0.3 is 0 Å². The molecule has 1 aromatic rings. The third-order valence-corrected chi connectivity index (χ3v) is 4.33. The van der Waals surface area contributed by atoms with Crippen LogP contribution in [0.3, 0.4) is 0 Å². The van der Waals surface area contributed by atoms with Crippen LogP contribution in [0.2, 0.25) is 0 Å². The second kappa shape index (κ2) is 6.01. The van der Waals surface area contributed by atoms with Crippen LogP contribution in [0.4, 0.5) is 0 Å². The van der Waals surface area contributed by atoms with Crippen molar-refractivity contribution < 1.29 is 9.32 Å². The molecule has 98 valence electrons. The molecular formula is C15H20O2S. The lowest BCUT2D eigenvalue weighted by Gasteiger charge is -2.18. The Bertz CT molecular complexity index is 479. The molecule has 1 aromatic carbocycles. The van der Waals surface area contributed by atoms with Crippen molar-refractivity contribution in [1.82, 2.24) is 0 Å². The Kier molecular flexibility index (Phi) is 4.91. The van der Waals surface area contributed by atoms with Gasteiger partial charge < -0.3 is 5.11 Å². The third-order valence-electron chi connectivity index (χ3n) is 3.14. The first-order valence-electron chi connectivity index (χ1n) is 5.84. The van der Waals surface area contributed by atoms with Crippen LogP contribution in [-0.2, 0) is 23.6 Å². The van der Waals surface area contributed by atoms with E-state index in [4.69, 9.17) is 0 Å². The first kappa shape index (κ1) is 14.7. The molecule has 0 spiro atoms. The van der Waals surface area contributed by atoms with Gasteiger partial charge in [0.25, 0.3) is 0 Å². The number of hydrogen-bond acceptors (Lipinski definition) is 2. The zero-order valence-corrected chi connectivity index (χ0v) is 12.1. The van der Waals surface area contributed by atoms with E-state index in [9.17, 15) is 9.32 Å². The average molecular weight is 264 g/mol. The van der Waals surface area contributed by atoms with E-state index < -0.39 is 10.8 Å². The fourth-order valence-electron chi connectivity index (χ4n) is 2.31. The maximum Gasteiger partial charge on any atom is 0.123 e. The van der Waals surface area contributed by atoms with Gasteiger partial charge in [-0.3, -0.25) is 4.21 Å². The van der Waals surface area contributed by atoms with E-state index in [1.165, 1.54) is 0 Å². The first-order chi connectivity index (χ1) is 8.45. The summed E-state index contributed by atoms with van der Waals surface area (Å²) in [4.78, 5) is 0.821. The largest absolute Gasteiger partial charge is 0.507 e. The zero-order chi connectivity index (χ0) is 13.9. The quantitative estimate of drug-likeness (QED) is 0.829. The van der Waals surface area contributed by atoms with E-state index in [1.54, 1.807) is 18.4 Å². The van der Waals surface area contributed by atoms with E-state index in [0.29, 0.717) is 18.6 Å². The minimum absolute atomic E-state index is 0.291. The summed E-state index contributed by atoms with van der Waals surface area (Å²) in [5.41, 5.74) is 3.44. The smallest absolute Gasteiger partial charge is 0.123 e. The monoisotopic (exact) mass is 264 g/mol. The second-order valence-electron chi connectivity index (χ2n) is 4.32. The Labute approximate surface area is 112 Å². The lowest BCUT2D eigenvalue weighted by atomic mass is 9.94. The summed E-state index contributed by atoms with van der Waals surface area (Å²) in [5, 5.41) is 10.3. The molecule has 2 nitrogen and oxygen atoms in total. The minimum Gasteiger partial charge on any atom is -0.507 e. The molecule has 0 aromatic heterocycles. The Balaban J connectivity index is 3.68. The molecular weight excluding hydrogens is 244 g/mol. The highest BCUT2D eigenvalue weighted by Gasteiger charge is 2.19. The van der Waals surface area contributed by atoms with E-state index in [-0.39, 0.29) is 0 Å². The number of allylic oxidation sites excluding steroid dienone is 2. The van der Waals surface area contributed by atoms with E-state index >= 15 is 0 Å².